The zero-order chi connectivity index (χ0) is 21.2. The molecule has 1 fully saturated rings. The molecule has 0 saturated carbocycles. The van der Waals surface area contributed by atoms with E-state index in [-0.39, 0.29) is 17.9 Å². The van der Waals surface area contributed by atoms with Gasteiger partial charge in [-0.15, -0.1) is 0 Å². The summed E-state index contributed by atoms with van der Waals surface area (Å²) < 4.78 is 15.6. The van der Waals surface area contributed by atoms with E-state index in [9.17, 15) is 4.39 Å². The minimum Gasteiger partial charge on any atom is -0.352 e. The molecule has 1 aliphatic heterocycles. The van der Waals surface area contributed by atoms with Gasteiger partial charge in [0.05, 0.1) is 17.8 Å². The maximum Gasteiger partial charge on any atom is 0.170 e. The maximum atomic E-state index is 13.5. The number of aromatic nitrogens is 2. The van der Waals surface area contributed by atoms with E-state index in [4.69, 9.17) is 12.2 Å². The maximum absolute atomic E-state index is 13.5. The van der Waals surface area contributed by atoms with E-state index in [0.717, 1.165) is 17.1 Å². The number of halogens is 1. The van der Waals surface area contributed by atoms with Gasteiger partial charge in [-0.05, 0) is 66.3 Å². The lowest BCUT2D eigenvalue weighted by molar-refractivity contribution is 0.302. The van der Waals surface area contributed by atoms with Gasteiger partial charge in [0.15, 0.2) is 5.11 Å². The van der Waals surface area contributed by atoms with Crippen LogP contribution in [0.3, 0.4) is 0 Å². The molecular weight excluding hydrogens is 407 g/mol. The lowest BCUT2D eigenvalue weighted by atomic mass is 10.0. The smallest absolute Gasteiger partial charge is 0.170 e. The molecule has 0 spiro atoms. The average Bonchev–Trinajstić information content (AvgIpc) is 3.40. The molecule has 6 heteroatoms. The Balaban J connectivity index is 1.60. The molecule has 5 rings (SSSR count). The molecule has 154 valence electrons. The van der Waals surface area contributed by atoms with Crippen LogP contribution in [-0.2, 0) is 6.54 Å². The van der Waals surface area contributed by atoms with E-state index < -0.39 is 0 Å². The number of hydrogen-bond acceptors (Lipinski definition) is 2. The molecule has 2 atom stereocenters. The monoisotopic (exact) mass is 428 g/mol. The van der Waals surface area contributed by atoms with Gasteiger partial charge < -0.3 is 14.8 Å². The first-order chi connectivity index (χ1) is 15.2. The van der Waals surface area contributed by atoms with Crippen LogP contribution in [-0.4, -0.2) is 19.6 Å². The van der Waals surface area contributed by atoms with Crippen LogP contribution < -0.4 is 5.32 Å². The predicted octanol–water partition coefficient (Wildman–Crippen LogP) is 5.18. The Morgan fingerprint density at radius 1 is 0.903 bits per heavy atom. The second kappa shape index (κ2) is 8.32. The summed E-state index contributed by atoms with van der Waals surface area (Å²) in [6.07, 6.45) is 3.80. The number of rotatable bonds is 5. The van der Waals surface area contributed by atoms with Gasteiger partial charge in [0.25, 0.3) is 0 Å². The average molecular weight is 429 g/mol. The third kappa shape index (κ3) is 3.82. The number of pyridine rings is 1. The zero-order valence-electron chi connectivity index (χ0n) is 16.7. The third-order valence-corrected chi connectivity index (χ3v) is 5.93. The number of benzene rings is 2. The first-order valence-electron chi connectivity index (χ1n) is 10.2. The Morgan fingerprint density at radius 3 is 2.42 bits per heavy atom. The standard InChI is InChI=1S/C25H21FN4S/c26-19-11-13-20(14-12-19)29-16-6-10-22(29)24-23(21-9-4-5-15-27-21)28-25(31)30(24)17-18-7-2-1-3-8-18/h1-16,23-24H,17H2,(H,28,31)/t23-,24-/m1/s1. The minimum absolute atomic E-state index is 0.0809. The van der Waals surface area contributed by atoms with Gasteiger partial charge in [-0.25, -0.2) is 4.39 Å². The van der Waals surface area contributed by atoms with Crippen LogP contribution in [0.1, 0.15) is 29.0 Å². The lowest BCUT2D eigenvalue weighted by Crippen LogP contribution is -2.30. The second-order valence-electron chi connectivity index (χ2n) is 7.52. The molecule has 3 heterocycles. The van der Waals surface area contributed by atoms with Crippen molar-refractivity contribution in [2.75, 3.05) is 0 Å². The second-order valence-corrected chi connectivity index (χ2v) is 7.91. The fourth-order valence-electron chi connectivity index (χ4n) is 4.15. The molecular formula is C25H21FN4S. The van der Waals surface area contributed by atoms with Crippen molar-refractivity contribution in [3.63, 3.8) is 0 Å². The summed E-state index contributed by atoms with van der Waals surface area (Å²) in [6, 6.07) is 26.7. The van der Waals surface area contributed by atoms with Crippen LogP contribution in [0.25, 0.3) is 5.69 Å². The Kier molecular flexibility index (Phi) is 5.22. The highest BCUT2D eigenvalue weighted by Crippen LogP contribution is 2.40. The number of hydrogen-bond donors (Lipinski definition) is 1. The molecule has 4 nitrogen and oxygen atoms in total. The van der Waals surface area contributed by atoms with Gasteiger partial charge in [-0.1, -0.05) is 36.4 Å². The van der Waals surface area contributed by atoms with Crippen molar-refractivity contribution in [2.45, 2.75) is 18.6 Å². The third-order valence-electron chi connectivity index (χ3n) is 5.58. The van der Waals surface area contributed by atoms with Crippen LogP contribution in [0.2, 0.25) is 0 Å². The van der Waals surface area contributed by atoms with Gasteiger partial charge in [-0.2, -0.15) is 0 Å². The van der Waals surface area contributed by atoms with E-state index in [1.54, 1.807) is 18.3 Å². The summed E-state index contributed by atoms with van der Waals surface area (Å²) in [5.74, 6) is -0.252. The summed E-state index contributed by atoms with van der Waals surface area (Å²) in [4.78, 5) is 6.81. The van der Waals surface area contributed by atoms with Crippen molar-refractivity contribution < 1.29 is 4.39 Å². The molecule has 0 aliphatic carbocycles. The Morgan fingerprint density at radius 2 is 1.68 bits per heavy atom. The van der Waals surface area contributed by atoms with Crippen molar-refractivity contribution in [3.8, 4) is 5.69 Å². The van der Waals surface area contributed by atoms with Crippen LogP contribution in [0.4, 0.5) is 4.39 Å². The van der Waals surface area contributed by atoms with Crippen molar-refractivity contribution >= 4 is 17.3 Å². The summed E-state index contributed by atoms with van der Waals surface area (Å²) in [5, 5.41) is 4.18. The number of nitrogens with one attached hydrogen (secondary N) is 1. The van der Waals surface area contributed by atoms with Crippen molar-refractivity contribution in [1.29, 1.82) is 0 Å². The van der Waals surface area contributed by atoms with Gasteiger partial charge >= 0.3 is 0 Å². The van der Waals surface area contributed by atoms with E-state index in [0.29, 0.717) is 11.7 Å². The Labute approximate surface area is 186 Å². The van der Waals surface area contributed by atoms with E-state index in [2.05, 4.69) is 38.0 Å². The van der Waals surface area contributed by atoms with Crippen LogP contribution in [0, 0.1) is 5.82 Å². The molecule has 0 radical (unpaired) electrons. The highest BCUT2D eigenvalue weighted by molar-refractivity contribution is 7.80. The largest absolute Gasteiger partial charge is 0.352 e. The lowest BCUT2D eigenvalue weighted by Gasteiger charge is -2.29. The van der Waals surface area contributed by atoms with E-state index in [1.165, 1.54) is 17.7 Å². The summed E-state index contributed by atoms with van der Waals surface area (Å²) in [6.45, 7) is 0.676. The minimum atomic E-state index is -0.252. The molecule has 4 aromatic rings. The molecule has 1 saturated heterocycles. The molecule has 1 aliphatic rings. The van der Waals surface area contributed by atoms with Gasteiger partial charge in [0, 0.05) is 30.3 Å². The first-order valence-corrected chi connectivity index (χ1v) is 10.6. The summed E-state index contributed by atoms with van der Waals surface area (Å²) >= 11 is 5.77. The van der Waals surface area contributed by atoms with Crippen molar-refractivity contribution in [1.82, 2.24) is 19.8 Å². The van der Waals surface area contributed by atoms with Crippen LogP contribution >= 0.6 is 12.2 Å². The van der Waals surface area contributed by atoms with E-state index >= 15 is 0 Å². The van der Waals surface area contributed by atoms with Gasteiger partial charge in [0.1, 0.15) is 5.82 Å². The normalized spacial score (nSPS) is 18.2. The molecule has 31 heavy (non-hydrogen) atoms. The first kappa shape index (κ1) is 19.5. The SMILES string of the molecule is Fc1ccc(-n2cccc2[C@@H]2[C@@H](c3ccccn3)NC(=S)N2Cc2ccccc2)cc1. The number of nitrogens with zero attached hydrogens (tertiary/aromatic N) is 3. The molecule has 0 bridgehead atoms. The van der Waals surface area contributed by atoms with Crippen LogP contribution in [0.5, 0.6) is 0 Å². The Hall–Kier alpha value is -3.51. The zero-order valence-corrected chi connectivity index (χ0v) is 17.5. The molecule has 0 unspecified atom stereocenters. The Bertz CT molecular complexity index is 1180. The van der Waals surface area contributed by atoms with Crippen molar-refractivity contribution in [3.05, 3.63) is 120 Å². The summed E-state index contributed by atoms with van der Waals surface area (Å²) in [7, 11) is 0. The van der Waals surface area contributed by atoms with Crippen LogP contribution in [0.15, 0.2) is 97.3 Å². The number of thiocarbonyl (C=S) groups is 1. The molecule has 0 amide bonds. The summed E-state index contributed by atoms with van der Waals surface area (Å²) in [5.41, 5.74) is 4.07. The van der Waals surface area contributed by atoms with Crippen molar-refractivity contribution in [2.24, 2.45) is 0 Å². The molecule has 2 aromatic heterocycles. The highest BCUT2D eigenvalue weighted by atomic mass is 32.1. The fraction of sp³-hybridized carbons (Fsp3) is 0.120. The van der Waals surface area contributed by atoms with Gasteiger partial charge in [-0.3, -0.25) is 4.98 Å². The predicted molar refractivity (Wildman–Crippen MR) is 123 cm³/mol. The topological polar surface area (TPSA) is 33.1 Å². The highest BCUT2D eigenvalue weighted by Gasteiger charge is 2.41. The van der Waals surface area contributed by atoms with E-state index in [1.807, 2.05) is 48.7 Å². The fourth-order valence-corrected chi connectivity index (χ4v) is 4.45. The molecule has 2 aromatic carbocycles. The van der Waals surface area contributed by atoms with Gasteiger partial charge in [0.2, 0.25) is 0 Å². The molecule has 1 N–H and O–H groups in total. The quantitative estimate of drug-likeness (QED) is 0.444.